The summed E-state index contributed by atoms with van der Waals surface area (Å²) in [5.41, 5.74) is 2.69. The molecule has 110 valence electrons. The van der Waals surface area contributed by atoms with Gasteiger partial charge in [-0.2, -0.15) is 0 Å². The Hall–Kier alpha value is -0.860. The molecule has 0 saturated carbocycles. The average molecular weight is 389 g/mol. The molecule has 0 amide bonds. The molecule has 2 aromatic heterocycles. The van der Waals surface area contributed by atoms with Crippen molar-refractivity contribution >= 4 is 48.0 Å². The van der Waals surface area contributed by atoms with E-state index in [2.05, 4.69) is 21.4 Å². The zero-order valence-corrected chi connectivity index (χ0v) is 13.9. The number of hydrazine groups is 1. The predicted octanol–water partition coefficient (Wildman–Crippen LogP) is 4.75. The van der Waals surface area contributed by atoms with Crippen LogP contribution in [0.3, 0.4) is 0 Å². The van der Waals surface area contributed by atoms with Gasteiger partial charge in [-0.15, -0.1) is 22.7 Å². The molecule has 0 aliphatic heterocycles. The molecule has 0 bridgehead atoms. The Bertz CT molecular complexity index is 756. The molecule has 2 heterocycles. The van der Waals surface area contributed by atoms with E-state index < -0.39 is 11.6 Å². The largest absolute Gasteiger partial charge is 0.271 e. The van der Waals surface area contributed by atoms with Gasteiger partial charge in [-0.25, -0.2) is 8.78 Å². The van der Waals surface area contributed by atoms with Crippen LogP contribution in [0.1, 0.15) is 16.5 Å². The minimum atomic E-state index is -0.575. The van der Waals surface area contributed by atoms with Gasteiger partial charge >= 0.3 is 0 Å². The highest BCUT2D eigenvalue weighted by molar-refractivity contribution is 9.10. The summed E-state index contributed by atoms with van der Waals surface area (Å²) >= 11 is 6.30. The van der Waals surface area contributed by atoms with Crippen LogP contribution in [0.25, 0.3) is 9.40 Å². The molecule has 1 unspecified atom stereocenters. The van der Waals surface area contributed by atoms with Crippen LogP contribution in [0.2, 0.25) is 0 Å². The number of nitrogens with two attached hydrogens (primary N) is 1. The zero-order chi connectivity index (χ0) is 15.0. The number of fused-ring (bicyclic) bond motifs is 1. The fourth-order valence-corrected chi connectivity index (χ4v) is 4.71. The molecule has 3 aromatic rings. The van der Waals surface area contributed by atoms with Crippen LogP contribution in [0, 0.1) is 11.6 Å². The van der Waals surface area contributed by atoms with Gasteiger partial charge in [0.25, 0.3) is 0 Å². The maximum atomic E-state index is 14.1. The number of thiophene rings is 2. The molecule has 0 fully saturated rings. The third kappa shape index (κ3) is 2.89. The first-order valence-corrected chi connectivity index (χ1v) is 8.64. The summed E-state index contributed by atoms with van der Waals surface area (Å²) in [6, 6.07) is 6.33. The SMILES string of the molecule is NNC(Cc1c(F)ccc(Br)c1F)c1cc2sccc2s1. The molecular weight excluding hydrogens is 378 g/mol. The van der Waals surface area contributed by atoms with Gasteiger partial charge in [0.2, 0.25) is 0 Å². The predicted molar refractivity (Wildman–Crippen MR) is 87.5 cm³/mol. The topological polar surface area (TPSA) is 38.0 Å². The van der Waals surface area contributed by atoms with Crippen LogP contribution in [-0.2, 0) is 6.42 Å². The summed E-state index contributed by atoms with van der Waals surface area (Å²) in [6.45, 7) is 0. The summed E-state index contributed by atoms with van der Waals surface area (Å²) < 4.78 is 30.5. The van der Waals surface area contributed by atoms with E-state index in [1.807, 2.05) is 17.5 Å². The number of hydrogen-bond donors (Lipinski definition) is 2. The fourth-order valence-electron chi connectivity index (χ4n) is 2.16. The molecule has 2 nitrogen and oxygen atoms in total. The van der Waals surface area contributed by atoms with Crippen LogP contribution in [0.5, 0.6) is 0 Å². The van der Waals surface area contributed by atoms with E-state index in [0.29, 0.717) is 0 Å². The van der Waals surface area contributed by atoms with E-state index in [-0.39, 0.29) is 22.5 Å². The van der Waals surface area contributed by atoms with Gasteiger partial charge in [-0.3, -0.25) is 11.3 Å². The molecule has 0 spiro atoms. The maximum Gasteiger partial charge on any atom is 0.143 e. The lowest BCUT2D eigenvalue weighted by Gasteiger charge is -2.15. The zero-order valence-electron chi connectivity index (χ0n) is 10.7. The van der Waals surface area contributed by atoms with E-state index in [4.69, 9.17) is 5.84 Å². The Morgan fingerprint density at radius 2 is 2.05 bits per heavy atom. The van der Waals surface area contributed by atoms with Gasteiger partial charge in [0.05, 0.1) is 10.5 Å². The molecule has 0 aliphatic rings. The van der Waals surface area contributed by atoms with E-state index in [0.717, 1.165) is 14.3 Å². The molecule has 0 aliphatic carbocycles. The number of nitrogens with one attached hydrogen (secondary N) is 1. The van der Waals surface area contributed by atoms with Crippen molar-refractivity contribution in [3.05, 3.63) is 56.2 Å². The van der Waals surface area contributed by atoms with Gasteiger partial charge in [-0.1, -0.05) is 0 Å². The molecule has 0 saturated heterocycles. The van der Waals surface area contributed by atoms with Crippen molar-refractivity contribution < 1.29 is 8.78 Å². The smallest absolute Gasteiger partial charge is 0.143 e. The first-order chi connectivity index (χ1) is 10.1. The third-order valence-corrected chi connectivity index (χ3v) is 6.07. The maximum absolute atomic E-state index is 14.1. The third-order valence-electron chi connectivity index (χ3n) is 3.25. The number of benzene rings is 1. The van der Waals surface area contributed by atoms with E-state index in [1.54, 1.807) is 22.7 Å². The highest BCUT2D eigenvalue weighted by Crippen LogP contribution is 2.35. The van der Waals surface area contributed by atoms with Crippen molar-refractivity contribution in [1.82, 2.24) is 5.43 Å². The minimum absolute atomic E-state index is 0.0316. The summed E-state index contributed by atoms with van der Waals surface area (Å²) in [4.78, 5) is 0.970. The first-order valence-electron chi connectivity index (χ1n) is 6.15. The minimum Gasteiger partial charge on any atom is -0.271 e. The van der Waals surface area contributed by atoms with Crippen molar-refractivity contribution in [3.63, 3.8) is 0 Å². The van der Waals surface area contributed by atoms with E-state index in [1.165, 1.54) is 12.1 Å². The van der Waals surface area contributed by atoms with Gasteiger partial charge in [0.15, 0.2) is 0 Å². The highest BCUT2D eigenvalue weighted by atomic mass is 79.9. The Morgan fingerprint density at radius 1 is 1.24 bits per heavy atom. The van der Waals surface area contributed by atoms with Crippen molar-refractivity contribution in [2.75, 3.05) is 0 Å². The summed E-state index contributed by atoms with van der Waals surface area (Å²) in [6.07, 6.45) is 0.154. The van der Waals surface area contributed by atoms with Crippen molar-refractivity contribution in [3.8, 4) is 0 Å². The lowest BCUT2D eigenvalue weighted by Crippen LogP contribution is -2.29. The van der Waals surface area contributed by atoms with Crippen LogP contribution >= 0.6 is 38.6 Å². The normalized spacial score (nSPS) is 13.0. The van der Waals surface area contributed by atoms with E-state index in [9.17, 15) is 8.78 Å². The molecule has 21 heavy (non-hydrogen) atoms. The van der Waals surface area contributed by atoms with Gasteiger partial charge < -0.3 is 0 Å². The Balaban J connectivity index is 1.95. The van der Waals surface area contributed by atoms with Crippen LogP contribution in [-0.4, -0.2) is 0 Å². The Kier molecular flexibility index (Phi) is 4.37. The lowest BCUT2D eigenvalue weighted by atomic mass is 10.0. The molecule has 1 aromatic carbocycles. The monoisotopic (exact) mass is 388 g/mol. The van der Waals surface area contributed by atoms with Crippen LogP contribution in [0.4, 0.5) is 8.78 Å². The van der Waals surface area contributed by atoms with Crippen molar-refractivity contribution in [2.24, 2.45) is 5.84 Å². The first kappa shape index (κ1) is 15.1. The van der Waals surface area contributed by atoms with Crippen molar-refractivity contribution in [2.45, 2.75) is 12.5 Å². The molecule has 1 atom stereocenters. The quantitative estimate of drug-likeness (QED) is 0.384. The standard InChI is InChI=1S/C14H11BrF2N2S2/c15-8-1-2-9(16)7(14(8)17)5-10(19-18)12-6-13-11(21-12)3-4-20-13/h1-4,6,10,19H,5,18H2. The second-order valence-corrected chi connectivity index (χ2v) is 7.46. The lowest BCUT2D eigenvalue weighted by molar-refractivity contribution is 0.502. The molecule has 3 rings (SSSR count). The van der Waals surface area contributed by atoms with E-state index >= 15 is 0 Å². The molecular formula is C14H11BrF2N2S2. The van der Waals surface area contributed by atoms with Crippen LogP contribution in [0.15, 0.2) is 34.1 Å². The number of rotatable bonds is 4. The second kappa shape index (κ2) is 6.10. The number of halogens is 3. The number of hydrogen-bond acceptors (Lipinski definition) is 4. The second-order valence-electron chi connectivity index (χ2n) is 4.54. The molecule has 3 N–H and O–H groups in total. The molecule has 0 radical (unpaired) electrons. The Morgan fingerprint density at radius 3 is 2.76 bits per heavy atom. The molecule has 7 heteroatoms. The summed E-state index contributed by atoms with van der Waals surface area (Å²) in [5.74, 6) is 4.45. The summed E-state index contributed by atoms with van der Waals surface area (Å²) in [7, 11) is 0. The summed E-state index contributed by atoms with van der Waals surface area (Å²) in [5, 5.41) is 2.02. The fraction of sp³-hybridized carbons (Fsp3) is 0.143. The van der Waals surface area contributed by atoms with Gasteiger partial charge in [0.1, 0.15) is 11.6 Å². The highest BCUT2D eigenvalue weighted by Gasteiger charge is 2.20. The van der Waals surface area contributed by atoms with Crippen molar-refractivity contribution in [1.29, 1.82) is 0 Å². The van der Waals surface area contributed by atoms with Gasteiger partial charge in [0, 0.05) is 19.8 Å². The Labute approximate surface area is 136 Å². The van der Waals surface area contributed by atoms with Crippen LogP contribution < -0.4 is 11.3 Å². The van der Waals surface area contributed by atoms with Gasteiger partial charge in [-0.05, 0) is 52.0 Å². The average Bonchev–Trinajstić information content (AvgIpc) is 3.05.